The number of nitrogens with one attached hydrogen (secondary N) is 1. The Hall–Kier alpha value is -2.07. The van der Waals surface area contributed by atoms with Gasteiger partial charge in [-0.05, 0) is 37.5 Å². The molecule has 4 heteroatoms. The highest BCUT2D eigenvalue weighted by atomic mass is 16.4. The van der Waals surface area contributed by atoms with E-state index in [0.29, 0.717) is 30.8 Å². The summed E-state index contributed by atoms with van der Waals surface area (Å²) >= 11 is 0. The van der Waals surface area contributed by atoms with Crippen LogP contribution in [0.1, 0.15) is 49.6 Å². The van der Waals surface area contributed by atoms with Crippen molar-refractivity contribution >= 4 is 5.91 Å². The zero-order valence-corrected chi connectivity index (χ0v) is 15.1. The molecule has 0 radical (unpaired) electrons. The first-order chi connectivity index (χ1) is 11.5. The third-order valence-corrected chi connectivity index (χ3v) is 3.87. The summed E-state index contributed by atoms with van der Waals surface area (Å²) in [7, 11) is 0. The van der Waals surface area contributed by atoms with Gasteiger partial charge in [-0.1, -0.05) is 44.2 Å². The third-order valence-electron chi connectivity index (χ3n) is 3.87. The molecule has 1 aromatic carbocycles. The van der Waals surface area contributed by atoms with Gasteiger partial charge < -0.3 is 9.73 Å². The Morgan fingerprint density at radius 3 is 2.38 bits per heavy atom. The van der Waals surface area contributed by atoms with Gasteiger partial charge in [0.15, 0.2) is 5.76 Å². The van der Waals surface area contributed by atoms with E-state index in [1.54, 1.807) is 6.07 Å². The van der Waals surface area contributed by atoms with Crippen LogP contribution in [0.2, 0.25) is 0 Å². The maximum absolute atomic E-state index is 12.1. The zero-order chi connectivity index (χ0) is 17.5. The van der Waals surface area contributed by atoms with E-state index in [9.17, 15) is 4.79 Å². The third kappa shape index (κ3) is 5.53. The largest absolute Gasteiger partial charge is 0.455 e. The van der Waals surface area contributed by atoms with Crippen LogP contribution in [0.3, 0.4) is 0 Å². The van der Waals surface area contributed by atoms with Crippen molar-refractivity contribution in [3.8, 4) is 0 Å². The minimum Gasteiger partial charge on any atom is -0.455 e. The first-order valence-corrected chi connectivity index (χ1v) is 8.60. The van der Waals surface area contributed by atoms with E-state index in [-0.39, 0.29) is 5.91 Å². The number of carbonyl (C=O) groups excluding carboxylic acids is 1. The van der Waals surface area contributed by atoms with Gasteiger partial charge in [0.1, 0.15) is 5.76 Å². The maximum Gasteiger partial charge on any atom is 0.287 e. The molecule has 0 spiro atoms. The summed E-state index contributed by atoms with van der Waals surface area (Å²) < 4.78 is 5.74. The second-order valence-electron chi connectivity index (χ2n) is 6.85. The van der Waals surface area contributed by atoms with Gasteiger partial charge in [-0.15, -0.1) is 0 Å². The second kappa shape index (κ2) is 8.69. The number of amides is 1. The average molecular weight is 328 g/mol. The van der Waals surface area contributed by atoms with E-state index in [4.69, 9.17) is 4.42 Å². The molecule has 1 N–H and O–H groups in total. The number of nitrogens with zero attached hydrogens (tertiary/aromatic N) is 1. The SMILES string of the molecule is CC(C)CNC(=O)c1ccc(CN(Cc2ccccc2)C(C)C)o1. The molecular formula is C20H28N2O2. The highest BCUT2D eigenvalue weighted by Crippen LogP contribution is 2.15. The van der Waals surface area contributed by atoms with Crippen molar-refractivity contribution in [3.05, 3.63) is 59.5 Å². The molecule has 0 bridgehead atoms. The van der Waals surface area contributed by atoms with E-state index >= 15 is 0 Å². The van der Waals surface area contributed by atoms with Crippen LogP contribution in [0.4, 0.5) is 0 Å². The van der Waals surface area contributed by atoms with Crippen molar-refractivity contribution in [3.63, 3.8) is 0 Å². The van der Waals surface area contributed by atoms with Gasteiger partial charge in [0, 0.05) is 19.1 Å². The van der Waals surface area contributed by atoms with E-state index in [0.717, 1.165) is 12.3 Å². The predicted molar refractivity (Wildman–Crippen MR) is 96.7 cm³/mol. The first kappa shape index (κ1) is 18.3. The topological polar surface area (TPSA) is 45.5 Å². The van der Waals surface area contributed by atoms with Crippen molar-refractivity contribution in [1.29, 1.82) is 0 Å². The van der Waals surface area contributed by atoms with Crippen LogP contribution in [0.25, 0.3) is 0 Å². The second-order valence-corrected chi connectivity index (χ2v) is 6.85. The van der Waals surface area contributed by atoms with Crippen molar-refractivity contribution in [2.45, 2.75) is 46.8 Å². The molecule has 1 heterocycles. The molecule has 1 amide bonds. The minimum absolute atomic E-state index is 0.144. The van der Waals surface area contributed by atoms with E-state index < -0.39 is 0 Å². The number of hydrogen-bond acceptors (Lipinski definition) is 3. The van der Waals surface area contributed by atoms with Crippen LogP contribution in [-0.4, -0.2) is 23.4 Å². The maximum atomic E-state index is 12.1. The molecule has 2 aromatic rings. The molecule has 24 heavy (non-hydrogen) atoms. The zero-order valence-electron chi connectivity index (χ0n) is 15.1. The Bertz CT molecular complexity index is 632. The van der Waals surface area contributed by atoms with E-state index in [2.05, 4.69) is 62.2 Å². The van der Waals surface area contributed by atoms with E-state index in [1.165, 1.54) is 5.56 Å². The number of furan rings is 1. The molecule has 2 rings (SSSR count). The molecule has 4 nitrogen and oxygen atoms in total. The van der Waals surface area contributed by atoms with Gasteiger partial charge in [0.05, 0.1) is 6.54 Å². The fraction of sp³-hybridized carbons (Fsp3) is 0.450. The lowest BCUT2D eigenvalue weighted by Crippen LogP contribution is -2.29. The number of carbonyl (C=O) groups is 1. The number of benzene rings is 1. The van der Waals surface area contributed by atoms with Crippen LogP contribution in [-0.2, 0) is 13.1 Å². The summed E-state index contributed by atoms with van der Waals surface area (Å²) in [6.45, 7) is 10.7. The van der Waals surface area contributed by atoms with Gasteiger partial charge >= 0.3 is 0 Å². The molecule has 0 saturated carbocycles. The predicted octanol–water partition coefficient (Wildman–Crippen LogP) is 4.08. The smallest absolute Gasteiger partial charge is 0.287 e. The van der Waals surface area contributed by atoms with Gasteiger partial charge in [-0.3, -0.25) is 9.69 Å². The van der Waals surface area contributed by atoms with Crippen LogP contribution >= 0.6 is 0 Å². The molecule has 0 unspecified atom stereocenters. The average Bonchev–Trinajstić information content (AvgIpc) is 3.01. The summed E-state index contributed by atoms with van der Waals surface area (Å²) in [5, 5.41) is 2.88. The molecule has 0 fully saturated rings. The molecule has 0 atom stereocenters. The standard InChI is InChI=1S/C20H28N2O2/c1-15(2)12-21-20(23)19-11-10-18(24-19)14-22(16(3)4)13-17-8-6-5-7-9-17/h5-11,15-16H,12-14H2,1-4H3,(H,21,23). The van der Waals surface area contributed by atoms with Crippen LogP contribution in [0, 0.1) is 5.92 Å². The normalized spacial score (nSPS) is 11.5. The van der Waals surface area contributed by atoms with Crippen molar-refractivity contribution in [2.75, 3.05) is 6.54 Å². The molecule has 0 aliphatic rings. The Kier molecular flexibility index (Phi) is 6.62. The van der Waals surface area contributed by atoms with Crippen LogP contribution in [0.5, 0.6) is 0 Å². The van der Waals surface area contributed by atoms with Crippen molar-refractivity contribution in [2.24, 2.45) is 5.92 Å². The Morgan fingerprint density at radius 1 is 1.04 bits per heavy atom. The number of rotatable bonds is 8. The minimum atomic E-state index is -0.144. The summed E-state index contributed by atoms with van der Waals surface area (Å²) in [4.78, 5) is 14.4. The fourth-order valence-electron chi connectivity index (χ4n) is 2.41. The van der Waals surface area contributed by atoms with Crippen LogP contribution in [0.15, 0.2) is 46.9 Å². The Labute approximate surface area is 144 Å². The van der Waals surface area contributed by atoms with Gasteiger partial charge in [-0.2, -0.15) is 0 Å². The van der Waals surface area contributed by atoms with Gasteiger partial charge in [0.25, 0.3) is 5.91 Å². The lowest BCUT2D eigenvalue weighted by Gasteiger charge is -2.25. The molecule has 0 saturated heterocycles. The summed E-state index contributed by atoms with van der Waals surface area (Å²) in [6.07, 6.45) is 0. The Morgan fingerprint density at radius 2 is 1.75 bits per heavy atom. The van der Waals surface area contributed by atoms with Gasteiger partial charge in [-0.25, -0.2) is 0 Å². The molecule has 0 aliphatic heterocycles. The molecule has 1 aromatic heterocycles. The molecule has 130 valence electrons. The van der Waals surface area contributed by atoms with Crippen LogP contribution < -0.4 is 5.32 Å². The summed E-state index contributed by atoms with van der Waals surface area (Å²) in [5.41, 5.74) is 1.27. The van der Waals surface area contributed by atoms with Crippen molar-refractivity contribution < 1.29 is 9.21 Å². The Balaban J connectivity index is 1.99. The van der Waals surface area contributed by atoms with Gasteiger partial charge in [0.2, 0.25) is 0 Å². The monoisotopic (exact) mass is 328 g/mol. The first-order valence-electron chi connectivity index (χ1n) is 8.60. The number of hydrogen-bond donors (Lipinski definition) is 1. The highest BCUT2D eigenvalue weighted by molar-refractivity contribution is 5.91. The molecule has 0 aliphatic carbocycles. The summed E-state index contributed by atoms with van der Waals surface area (Å²) in [6, 6.07) is 14.4. The molecular weight excluding hydrogens is 300 g/mol. The highest BCUT2D eigenvalue weighted by Gasteiger charge is 2.16. The fourth-order valence-corrected chi connectivity index (χ4v) is 2.41. The summed E-state index contributed by atoms with van der Waals surface area (Å²) in [5.74, 6) is 1.48. The van der Waals surface area contributed by atoms with Crippen molar-refractivity contribution in [1.82, 2.24) is 10.2 Å². The van der Waals surface area contributed by atoms with E-state index in [1.807, 2.05) is 12.1 Å². The lowest BCUT2D eigenvalue weighted by molar-refractivity contribution is 0.0916. The lowest BCUT2D eigenvalue weighted by atomic mass is 10.2. The quantitative estimate of drug-likeness (QED) is 0.794.